The number of rotatable bonds is 6. The van der Waals surface area contributed by atoms with Gasteiger partial charge in [-0.2, -0.15) is 4.98 Å². The number of nitrogens with one attached hydrogen (secondary N) is 1. The molecule has 3 aromatic rings. The number of halogens is 1. The van der Waals surface area contributed by atoms with Crippen LogP contribution in [-0.4, -0.2) is 26.8 Å². The van der Waals surface area contributed by atoms with Crippen molar-refractivity contribution < 1.29 is 13.9 Å². The highest BCUT2D eigenvalue weighted by molar-refractivity contribution is 5.92. The maximum Gasteiger partial charge on any atom is 0.336 e. The minimum absolute atomic E-state index is 0.0710. The summed E-state index contributed by atoms with van der Waals surface area (Å²) in [5, 5.41) is 7.33. The molecule has 7 heteroatoms. The molecule has 0 aliphatic rings. The Morgan fingerprint density at radius 2 is 1.82 bits per heavy atom. The van der Waals surface area contributed by atoms with Gasteiger partial charge in [-0.25, -0.2) is 9.07 Å². The molecule has 0 aliphatic heterocycles. The first-order valence-electron chi connectivity index (χ1n) is 9.14. The molecule has 1 aromatic heterocycles. The third-order valence-corrected chi connectivity index (χ3v) is 3.91. The van der Waals surface area contributed by atoms with E-state index in [0.29, 0.717) is 22.8 Å². The predicted octanol–water partition coefficient (Wildman–Crippen LogP) is 4.46. The van der Waals surface area contributed by atoms with Gasteiger partial charge >= 0.3 is 6.01 Å². The van der Waals surface area contributed by atoms with Crippen molar-refractivity contribution in [3.8, 4) is 23.1 Å². The van der Waals surface area contributed by atoms with Gasteiger partial charge in [-0.1, -0.05) is 19.9 Å². The van der Waals surface area contributed by atoms with Crippen molar-refractivity contribution in [1.82, 2.24) is 14.8 Å². The van der Waals surface area contributed by atoms with Gasteiger partial charge in [-0.05, 0) is 56.3 Å². The molecule has 0 unspecified atom stereocenters. The van der Waals surface area contributed by atoms with Gasteiger partial charge < -0.3 is 10.1 Å². The molecule has 146 valence electrons. The molecule has 0 aliphatic carbocycles. The van der Waals surface area contributed by atoms with Gasteiger partial charge in [-0.3, -0.25) is 4.79 Å². The summed E-state index contributed by atoms with van der Waals surface area (Å²) >= 11 is 0. The molecule has 0 spiro atoms. The molecule has 1 N–H and O–H groups in total. The molecule has 1 heterocycles. The van der Waals surface area contributed by atoms with E-state index in [2.05, 4.69) is 15.4 Å². The zero-order chi connectivity index (χ0) is 20.3. The number of aromatic nitrogens is 3. The Labute approximate surface area is 163 Å². The summed E-state index contributed by atoms with van der Waals surface area (Å²) in [5.74, 6) is -0.0102. The number of benzene rings is 2. The second-order valence-corrected chi connectivity index (χ2v) is 7.00. The van der Waals surface area contributed by atoms with E-state index in [9.17, 15) is 9.18 Å². The lowest BCUT2D eigenvalue weighted by atomic mass is 10.2. The Morgan fingerprint density at radius 3 is 2.46 bits per heavy atom. The maximum absolute atomic E-state index is 13.3. The molecule has 0 saturated heterocycles. The topological polar surface area (TPSA) is 69.0 Å². The van der Waals surface area contributed by atoms with E-state index in [1.165, 1.54) is 12.1 Å². The summed E-state index contributed by atoms with van der Waals surface area (Å²) in [5.41, 5.74) is 2.05. The second kappa shape index (κ2) is 8.21. The van der Waals surface area contributed by atoms with Crippen LogP contribution in [-0.2, 0) is 4.79 Å². The zero-order valence-corrected chi connectivity index (χ0v) is 16.3. The van der Waals surface area contributed by atoms with E-state index in [1.807, 2.05) is 45.9 Å². The first-order chi connectivity index (χ1) is 13.3. The van der Waals surface area contributed by atoms with Gasteiger partial charge in [0.25, 0.3) is 0 Å². The van der Waals surface area contributed by atoms with Crippen molar-refractivity contribution in [2.45, 2.75) is 33.8 Å². The molecule has 1 amide bonds. The average molecular weight is 382 g/mol. The largest absolute Gasteiger partial charge is 0.460 e. The first-order valence-corrected chi connectivity index (χ1v) is 9.14. The van der Waals surface area contributed by atoms with Crippen molar-refractivity contribution in [2.75, 3.05) is 5.32 Å². The van der Waals surface area contributed by atoms with E-state index in [-0.39, 0.29) is 29.8 Å². The lowest BCUT2D eigenvalue weighted by Crippen LogP contribution is -2.17. The Kier molecular flexibility index (Phi) is 5.73. The van der Waals surface area contributed by atoms with Crippen LogP contribution in [0.25, 0.3) is 17.1 Å². The number of hydrogen-bond acceptors (Lipinski definition) is 4. The molecule has 0 saturated carbocycles. The van der Waals surface area contributed by atoms with Gasteiger partial charge in [-0.15, -0.1) is 5.10 Å². The van der Waals surface area contributed by atoms with Crippen LogP contribution in [0.2, 0.25) is 0 Å². The van der Waals surface area contributed by atoms with Gasteiger partial charge in [0.2, 0.25) is 5.91 Å². The van der Waals surface area contributed by atoms with Crippen LogP contribution in [0.5, 0.6) is 6.01 Å². The summed E-state index contributed by atoms with van der Waals surface area (Å²) in [6.07, 6.45) is -0.0893. The Morgan fingerprint density at radius 1 is 1.11 bits per heavy atom. The third-order valence-electron chi connectivity index (χ3n) is 3.91. The number of ether oxygens (including phenoxy) is 1. The van der Waals surface area contributed by atoms with Gasteiger partial charge in [0.05, 0.1) is 11.8 Å². The second-order valence-electron chi connectivity index (χ2n) is 7.00. The summed E-state index contributed by atoms with van der Waals surface area (Å²) in [4.78, 5) is 16.5. The van der Waals surface area contributed by atoms with Crippen molar-refractivity contribution in [1.29, 1.82) is 0 Å². The number of hydrogen-bond donors (Lipinski definition) is 1. The molecule has 3 rings (SSSR count). The standard InChI is InChI=1S/C21H23FN4O2/c1-13(2)20(27)23-17-6-5-7-18(12-17)26-19(15-8-10-16(22)11-9-15)24-21(25-26)28-14(3)4/h5-14H,1-4H3,(H,23,27). The lowest BCUT2D eigenvalue weighted by Gasteiger charge is -2.10. The van der Waals surface area contributed by atoms with Crippen LogP contribution in [0.4, 0.5) is 10.1 Å². The molecule has 0 atom stereocenters. The average Bonchev–Trinajstić information content (AvgIpc) is 3.05. The van der Waals surface area contributed by atoms with Gasteiger partial charge in [0.1, 0.15) is 5.82 Å². The fourth-order valence-corrected chi connectivity index (χ4v) is 2.52. The Bertz CT molecular complexity index is 965. The van der Waals surface area contributed by atoms with E-state index in [0.717, 1.165) is 0 Å². The van der Waals surface area contributed by atoms with E-state index < -0.39 is 0 Å². The highest BCUT2D eigenvalue weighted by Gasteiger charge is 2.16. The van der Waals surface area contributed by atoms with Gasteiger partial charge in [0.15, 0.2) is 5.82 Å². The summed E-state index contributed by atoms with van der Waals surface area (Å²) in [7, 11) is 0. The summed E-state index contributed by atoms with van der Waals surface area (Å²) in [6.45, 7) is 7.44. The van der Waals surface area contributed by atoms with Crippen molar-refractivity contribution in [3.05, 3.63) is 54.3 Å². The van der Waals surface area contributed by atoms with Crippen LogP contribution < -0.4 is 10.1 Å². The van der Waals surface area contributed by atoms with Crippen LogP contribution in [0.15, 0.2) is 48.5 Å². The Hall–Kier alpha value is -3.22. The fraction of sp³-hybridized carbons (Fsp3) is 0.286. The van der Waals surface area contributed by atoms with Crippen LogP contribution >= 0.6 is 0 Å². The SMILES string of the molecule is CC(C)Oc1nc(-c2ccc(F)cc2)n(-c2cccc(NC(=O)C(C)C)c2)n1. The third kappa shape index (κ3) is 4.54. The summed E-state index contributed by atoms with van der Waals surface area (Å²) in [6, 6.07) is 13.5. The smallest absolute Gasteiger partial charge is 0.336 e. The first kappa shape index (κ1) is 19.5. The normalized spacial score (nSPS) is 11.1. The number of nitrogens with zero attached hydrogens (tertiary/aromatic N) is 3. The maximum atomic E-state index is 13.3. The minimum atomic E-state index is -0.327. The number of amides is 1. The number of anilines is 1. The van der Waals surface area contributed by atoms with E-state index in [1.54, 1.807) is 22.9 Å². The molecule has 0 bridgehead atoms. The molecule has 2 aromatic carbocycles. The molecule has 0 fully saturated rings. The molecule has 6 nitrogen and oxygen atoms in total. The number of carbonyl (C=O) groups excluding carboxylic acids is 1. The summed E-state index contributed by atoms with van der Waals surface area (Å²) < 4.78 is 20.6. The van der Waals surface area contributed by atoms with E-state index in [4.69, 9.17) is 4.74 Å². The van der Waals surface area contributed by atoms with Crippen molar-refractivity contribution in [2.24, 2.45) is 5.92 Å². The zero-order valence-electron chi connectivity index (χ0n) is 16.3. The number of carbonyl (C=O) groups is 1. The highest BCUT2D eigenvalue weighted by atomic mass is 19.1. The lowest BCUT2D eigenvalue weighted by molar-refractivity contribution is -0.118. The van der Waals surface area contributed by atoms with Crippen molar-refractivity contribution >= 4 is 11.6 Å². The van der Waals surface area contributed by atoms with Crippen LogP contribution in [0, 0.1) is 11.7 Å². The van der Waals surface area contributed by atoms with Crippen LogP contribution in [0.3, 0.4) is 0 Å². The highest BCUT2D eigenvalue weighted by Crippen LogP contribution is 2.25. The molecule has 28 heavy (non-hydrogen) atoms. The van der Waals surface area contributed by atoms with Crippen LogP contribution in [0.1, 0.15) is 27.7 Å². The molecule has 0 radical (unpaired) electrons. The van der Waals surface area contributed by atoms with Crippen molar-refractivity contribution in [3.63, 3.8) is 0 Å². The molecular formula is C21H23FN4O2. The minimum Gasteiger partial charge on any atom is -0.460 e. The fourth-order valence-electron chi connectivity index (χ4n) is 2.52. The van der Waals surface area contributed by atoms with Gasteiger partial charge in [0, 0.05) is 17.2 Å². The van der Waals surface area contributed by atoms with E-state index >= 15 is 0 Å². The quantitative estimate of drug-likeness (QED) is 0.684. The monoisotopic (exact) mass is 382 g/mol. The molecular weight excluding hydrogens is 359 g/mol. The Balaban J connectivity index is 2.03. The predicted molar refractivity (Wildman–Crippen MR) is 106 cm³/mol.